The van der Waals surface area contributed by atoms with Gasteiger partial charge in [0.15, 0.2) is 5.13 Å². The lowest BCUT2D eigenvalue weighted by Crippen LogP contribution is -2.28. The number of carbonyl (C=O) groups is 3. The van der Waals surface area contributed by atoms with E-state index in [0.717, 1.165) is 16.2 Å². The smallest absolute Gasteiger partial charge is 0.257 e. The molecule has 6 nitrogen and oxygen atoms in total. The predicted molar refractivity (Wildman–Crippen MR) is 109 cm³/mol. The van der Waals surface area contributed by atoms with Gasteiger partial charge in [-0.15, -0.1) is 11.3 Å². The first-order chi connectivity index (χ1) is 13.5. The van der Waals surface area contributed by atoms with E-state index in [2.05, 4.69) is 10.3 Å². The van der Waals surface area contributed by atoms with Crippen molar-refractivity contribution in [2.45, 2.75) is 12.8 Å². The number of halogens is 1. The summed E-state index contributed by atoms with van der Waals surface area (Å²) >= 11 is 7.21. The van der Waals surface area contributed by atoms with Crippen molar-refractivity contribution in [1.29, 1.82) is 0 Å². The number of imide groups is 1. The van der Waals surface area contributed by atoms with Gasteiger partial charge in [0.25, 0.3) is 5.91 Å². The molecule has 1 fully saturated rings. The Bertz CT molecular complexity index is 1060. The van der Waals surface area contributed by atoms with Gasteiger partial charge < -0.3 is 0 Å². The second-order valence-corrected chi connectivity index (χ2v) is 7.47. The van der Waals surface area contributed by atoms with E-state index in [9.17, 15) is 14.4 Å². The molecule has 2 heterocycles. The lowest BCUT2D eigenvalue weighted by Gasteiger charge is -2.14. The van der Waals surface area contributed by atoms with Crippen molar-refractivity contribution >= 4 is 51.5 Å². The highest BCUT2D eigenvalue weighted by molar-refractivity contribution is 7.14. The molecule has 0 aliphatic carbocycles. The fraction of sp³-hybridized carbons (Fsp3) is 0.100. The van der Waals surface area contributed by atoms with Gasteiger partial charge in [0.2, 0.25) is 11.8 Å². The number of aromatic nitrogens is 1. The molecule has 0 radical (unpaired) electrons. The van der Waals surface area contributed by atoms with Crippen molar-refractivity contribution in [2.75, 3.05) is 10.2 Å². The van der Waals surface area contributed by atoms with Gasteiger partial charge in [0, 0.05) is 34.4 Å². The highest BCUT2D eigenvalue weighted by atomic mass is 35.5. The summed E-state index contributed by atoms with van der Waals surface area (Å²) in [7, 11) is 0. The Morgan fingerprint density at radius 3 is 2.50 bits per heavy atom. The molecule has 0 bridgehead atoms. The summed E-state index contributed by atoms with van der Waals surface area (Å²) < 4.78 is 0. The second kappa shape index (κ2) is 7.53. The number of thiazole rings is 1. The number of nitrogens with zero attached hydrogens (tertiary/aromatic N) is 2. The second-order valence-electron chi connectivity index (χ2n) is 6.17. The number of amides is 3. The molecule has 1 aliphatic rings. The topological polar surface area (TPSA) is 79.4 Å². The van der Waals surface area contributed by atoms with E-state index in [0.29, 0.717) is 21.4 Å². The van der Waals surface area contributed by atoms with Crippen LogP contribution < -0.4 is 10.2 Å². The number of carbonyl (C=O) groups excluding carboxylic acids is 3. The molecule has 3 aromatic rings. The van der Waals surface area contributed by atoms with E-state index >= 15 is 0 Å². The summed E-state index contributed by atoms with van der Waals surface area (Å²) in [5.41, 5.74) is 2.38. The Labute approximate surface area is 169 Å². The molecular weight excluding hydrogens is 398 g/mol. The Morgan fingerprint density at radius 2 is 1.79 bits per heavy atom. The van der Waals surface area contributed by atoms with Crippen LogP contribution in [-0.2, 0) is 9.59 Å². The quantitative estimate of drug-likeness (QED) is 0.646. The molecule has 1 aromatic heterocycles. The summed E-state index contributed by atoms with van der Waals surface area (Å²) in [6.07, 6.45) is 0.393. The molecule has 8 heteroatoms. The number of hydrogen-bond acceptors (Lipinski definition) is 5. The average Bonchev–Trinajstić information content (AvgIpc) is 3.29. The van der Waals surface area contributed by atoms with Crippen LogP contribution in [0.15, 0.2) is 53.9 Å². The van der Waals surface area contributed by atoms with Gasteiger partial charge in [0.05, 0.1) is 11.4 Å². The van der Waals surface area contributed by atoms with E-state index < -0.39 is 0 Å². The third-order valence-electron chi connectivity index (χ3n) is 4.28. The minimum atomic E-state index is -0.363. The minimum absolute atomic E-state index is 0.196. The van der Waals surface area contributed by atoms with Gasteiger partial charge in [-0.1, -0.05) is 29.8 Å². The standard InChI is InChI=1S/C20H14ClN3O3S/c21-14-6-4-12(5-7-14)16-11-28-20(22-16)23-19(27)13-2-1-3-15(10-13)24-17(25)8-9-18(24)26/h1-7,10-11H,8-9H2,(H,22,23,27). The number of nitrogens with one attached hydrogen (secondary N) is 1. The van der Waals surface area contributed by atoms with Crippen molar-refractivity contribution < 1.29 is 14.4 Å². The largest absolute Gasteiger partial charge is 0.298 e. The Morgan fingerprint density at radius 1 is 1.07 bits per heavy atom. The summed E-state index contributed by atoms with van der Waals surface area (Å²) in [5, 5.41) is 5.69. The highest BCUT2D eigenvalue weighted by Crippen LogP contribution is 2.27. The molecule has 28 heavy (non-hydrogen) atoms. The van der Waals surface area contributed by atoms with Gasteiger partial charge in [-0.2, -0.15) is 0 Å². The Kier molecular flexibility index (Phi) is 4.93. The van der Waals surface area contributed by atoms with Gasteiger partial charge in [-0.25, -0.2) is 4.98 Å². The van der Waals surface area contributed by atoms with Gasteiger partial charge in [-0.3, -0.25) is 24.6 Å². The zero-order valence-corrected chi connectivity index (χ0v) is 16.1. The molecule has 140 valence electrons. The zero-order chi connectivity index (χ0) is 19.7. The third-order valence-corrected chi connectivity index (χ3v) is 5.29. The molecule has 0 atom stereocenters. The van der Waals surface area contributed by atoms with Crippen LogP contribution >= 0.6 is 22.9 Å². The van der Waals surface area contributed by atoms with Crippen LogP contribution in [0, 0.1) is 0 Å². The summed E-state index contributed by atoms with van der Waals surface area (Å²) in [6, 6.07) is 13.7. The normalized spacial score (nSPS) is 13.8. The van der Waals surface area contributed by atoms with E-state index in [1.807, 2.05) is 17.5 Å². The average molecular weight is 412 g/mol. The van der Waals surface area contributed by atoms with Crippen LogP contribution in [0.3, 0.4) is 0 Å². The molecule has 3 amide bonds. The van der Waals surface area contributed by atoms with Crippen molar-refractivity contribution in [2.24, 2.45) is 0 Å². The first kappa shape index (κ1) is 18.3. The van der Waals surface area contributed by atoms with Crippen molar-refractivity contribution in [3.8, 4) is 11.3 Å². The zero-order valence-electron chi connectivity index (χ0n) is 14.5. The SMILES string of the molecule is O=C(Nc1nc(-c2ccc(Cl)cc2)cs1)c1cccc(N2C(=O)CCC2=O)c1. The van der Waals surface area contributed by atoms with Crippen molar-refractivity contribution in [1.82, 2.24) is 4.98 Å². The van der Waals surface area contributed by atoms with Crippen LogP contribution in [0.25, 0.3) is 11.3 Å². The van der Waals surface area contributed by atoms with E-state index in [4.69, 9.17) is 11.6 Å². The molecule has 4 rings (SSSR count). The predicted octanol–water partition coefficient (Wildman–Crippen LogP) is 4.37. The third kappa shape index (κ3) is 3.67. The van der Waals surface area contributed by atoms with Gasteiger partial charge >= 0.3 is 0 Å². The Balaban J connectivity index is 1.51. The molecule has 0 spiro atoms. The highest BCUT2D eigenvalue weighted by Gasteiger charge is 2.30. The molecule has 0 saturated carbocycles. The number of anilines is 2. The van der Waals surface area contributed by atoms with Crippen LogP contribution in [-0.4, -0.2) is 22.7 Å². The molecule has 1 aliphatic heterocycles. The van der Waals surface area contributed by atoms with Crippen molar-refractivity contribution in [3.05, 3.63) is 64.5 Å². The fourth-order valence-electron chi connectivity index (χ4n) is 2.90. The van der Waals surface area contributed by atoms with Crippen LogP contribution in [0.2, 0.25) is 5.02 Å². The van der Waals surface area contributed by atoms with E-state index in [-0.39, 0.29) is 30.6 Å². The first-order valence-electron chi connectivity index (χ1n) is 8.50. The first-order valence-corrected chi connectivity index (χ1v) is 9.76. The molecule has 0 unspecified atom stereocenters. The minimum Gasteiger partial charge on any atom is -0.298 e. The molecular formula is C20H14ClN3O3S. The molecule has 1 saturated heterocycles. The lowest BCUT2D eigenvalue weighted by atomic mass is 10.1. The van der Waals surface area contributed by atoms with E-state index in [1.54, 1.807) is 30.3 Å². The number of benzene rings is 2. The molecule has 1 N–H and O–H groups in total. The van der Waals surface area contributed by atoms with E-state index in [1.165, 1.54) is 17.4 Å². The van der Waals surface area contributed by atoms with Crippen molar-refractivity contribution in [3.63, 3.8) is 0 Å². The molecule has 2 aromatic carbocycles. The van der Waals surface area contributed by atoms with Gasteiger partial charge in [0.1, 0.15) is 0 Å². The monoisotopic (exact) mass is 411 g/mol. The maximum absolute atomic E-state index is 12.6. The van der Waals surface area contributed by atoms with Gasteiger partial charge in [-0.05, 0) is 30.3 Å². The van der Waals surface area contributed by atoms with Crippen LogP contribution in [0.1, 0.15) is 23.2 Å². The summed E-state index contributed by atoms with van der Waals surface area (Å²) in [5.74, 6) is -0.872. The summed E-state index contributed by atoms with van der Waals surface area (Å²) in [6.45, 7) is 0. The maximum Gasteiger partial charge on any atom is 0.257 e. The maximum atomic E-state index is 12.6. The fourth-order valence-corrected chi connectivity index (χ4v) is 3.75. The van der Waals surface area contributed by atoms with Crippen LogP contribution in [0.4, 0.5) is 10.8 Å². The number of hydrogen-bond donors (Lipinski definition) is 1. The Hall–Kier alpha value is -3.03. The summed E-state index contributed by atoms with van der Waals surface area (Å²) in [4.78, 5) is 41.9. The lowest BCUT2D eigenvalue weighted by molar-refractivity contribution is -0.121. The van der Waals surface area contributed by atoms with Crippen LogP contribution in [0.5, 0.6) is 0 Å². The number of rotatable bonds is 4.